The Morgan fingerprint density at radius 1 is 1.24 bits per heavy atom. The molecular formula is C23H24N2O4. The number of hydrogen-bond donors (Lipinski definition) is 1. The molecule has 1 unspecified atom stereocenters. The van der Waals surface area contributed by atoms with Crippen molar-refractivity contribution >= 4 is 5.91 Å². The summed E-state index contributed by atoms with van der Waals surface area (Å²) in [4.78, 5) is 12.2. The summed E-state index contributed by atoms with van der Waals surface area (Å²) in [5.41, 5.74) is 3.84. The molecule has 1 aliphatic heterocycles. The predicted molar refractivity (Wildman–Crippen MR) is 109 cm³/mol. The van der Waals surface area contributed by atoms with Gasteiger partial charge in [-0.15, -0.1) is 0 Å². The molecule has 0 bridgehead atoms. The van der Waals surface area contributed by atoms with Gasteiger partial charge in [0.2, 0.25) is 5.91 Å². The highest BCUT2D eigenvalue weighted by Gasteiger charge is 2.20. The fourth-order valence-corrected chi connectivity index (χ4v) is 3.51. The maximum Gasteiger partial charge on any atom is 0.226 e. The summed E-state index contributed by atoms with van der Waals surface area (Å²) < 4.78 is 16.4. The molecule has 1 N–H and O–H groups in total. The largest absolute Gasteiger partial charge is 0.497 e. The second kappa shape index (κ2) is 8.39. The van der Waals surface area contributed by atoms with Crippen LogP contribution in [0, 0.1) is 0 Å². The molecular weight excluding hydrogens is 368 g/mol. The first kappa shape index (κ1) is 19.1. The number of hydrogen-bond acceptors (Lipinski definition) is 5. The molecule has 0 spiro atoms. The van der Waals surface area contributed by atoms with E-state index in [1.807, 2.05) is 42.5 Å². The smallest absolute Gasteiger partial charge is 0.226 e. The number of nitrogens with zero attached hydrogens (tertiary/aromatic N) is 1. The average Bonchev–Trinajstić information content (AvgIpc) is 3.33. The maximum atomic E-state index is 12.2. The minimum absolute atomic E-state index is 0.0797. The molecule has 2 aromatic carbocycles. The van der Waals surface area contributed by atoms with E-state index < -0.39 is 0 Å². The molecule has 1 atom stereocenters. The summed E-state index contributed by atoms with van der Waals surface area (Å²) >= 11 is 0. The number of methoxy groups -OCH3 is 1. The third-order valence-electron chi connectivity index (χ3n) is 4.95. The van der Waals surface area contributed by atoms with Crippen LogP contribution in [0.15, 0.2) is 53.1 Å². The molecule has 1 aliphatic rings. The topological polar surface area (TPSA) is 73.6 Å². The van der Waals surface area contributed by atoms with Crippen molar-refractivity contribution in [2.75, 3.05) is 13.7 Å². The van der Waals surface area contributed by atoms with E-state index in [0.717, 1.165) is 35.5 Å². The predicted octanol–water partition coefficient (Wildman–Crippen LogP) is 3.58. The number of fused-ring (bicyclic) bond motifs is 1. The first-order valence-corrected chi connectivity index (χ1v) is 9.76. The number of ether oxygens (including phenoxy) is 2. The standard InChI is InChI=1S/C23H24N2O4/c1-15-10-18-12-17(6-7-21(18)28-15)22-13-19(25-29-22)14-23(26)24-9-8-16-4-3-5-20(11-16)27-2/h3-7,11-13,15H,8-10,14H2,1-2H3,(H,24,26). The van der Waals surface area contributed by atoms with E-state index in [4.69, 9.17) is 14.0 Å². The van der Waals surface area contributed by atoms with Crippen molar-refractivity contribution in [3.63, 3.8) is 0 Å². The number of aromatic nitrogens is 1. The summed E-state index contributed by atoms with van der Waals surface area (Å²) in [6, 6.07) is 15.6. The van der Waals surface area contributed by atoms with Crippen LogP contribution in [-0.2, 0) is 24.1 Å². The van der Waals surface area contributed by atoms with Gasteiger partial charge in [0.15, 0.2) is 5.76 Å². The Labute approximate surface area is 169 Å². The number of carbonyl (C=O) groups excluding carboxylic acids is 1. The van der Waals surface area contributed by atoms with Gasteiger partial charge in [0.1, 0.15) is 17.6 Å². The summed E-state index contributed by atoms with van der Waals surface area (Å²) in [6.07, 6.45) is 2.01. The Balaban J connectivity index is 1.31. The molecule has 0 saturated carbocycles. The highest BCUT2D eigenvalue weighted by atomic mass is 16.5. The molecule has 0 radical (unpaired) electrons. The van der Waals surface area contributed by atoms with Crippen LogP contribution in [0.25, 0.3) is 11.3 Å². The first-order valence-electron chi connectivity index (χ1n) is 9.76. The SMILES string of the molecule is COc1cccc(CCNC(=O)Cc2cc(-c3ccc4c(c3)CC(C)O4)on2)c1. The second-order valence-electron chi connectivity index (χ2n) is 7.27. The molecule has 0 saturated heterocycles. The van der Waals surface area contributed by atoms with Gasteiger partial charge in [0.05, 0.1) is 19.2 Å². The molecule has 3 aromatic rings. The molecule has 6 nitrogen and oxygen atoms in total. The van der Waals surface area contributed by atoms with Crippen molar-refractivity contribution in [2.24, 2.45) is 0 Å². The van der Waals surface area contributed by atoms with Gasteiger partial charge in [-0.1, -0.05) is 17.3 Å². The highest BCUT2D eigenvalue weighted by Crippen LogP contribution is 2.33. The Hall–Kier alpha value is -3.28. The normalized spacial score (nSPS) is 14.9. The number of benzene rings is 2. The Kier molecular flexibility index (Phi) is 5.51. The van der Waals surface area contributed by atoms with Gasteiger partial charge in [0.25, 0.3) is 0 Å². The van der Waals surface area contributed by atoms with Crippen LogP contribution in [0.4, 0.5) is 0 Å². The van der Waals surface area contributed by atoms with Gasteiger partial charge < -0.3 is 19.3 Å². The van der Waals surface area contributed by atoms with Gasteiger partial charge in [0, 0.05) is 24.6 Å². The summed E-state index contributed by atoms with van der Waals surface area (Å²) in [6.45, 7) is 2.61. The molecule has 29 heavy (non-hydrogen) atoms. The van der Waals surface area contributed by atoms with E-state index >= 15 is 0 Å². The Morgan fingerprint density at radius 3 is 3.00 bits per heavy atom. The van der Waals surface area contributed by atoms with E-state index in [-0.39, 0.29) is 18.4 Å². The Morgan fingerprint density at radius 2 is 2.14 bits per heavy atom. The van der Waals surface area contributed by atoms with E-state index in [2.05, 4.69) is 23.5 Å². The van der Waals surface area contributed by atoms with Gasteiger partial charge in [-0.3, -0.25) is 4.79 Å². The molecule has 0 fully saturated rings. The van der Waals surface area contributed by atoms with Crippen LogP contribution in [0.5, 0.6) is 11.5 Å². The number of nitrogens with one attached hydrogen (secondary N) is 1. The minimum atomic E-state index is -0.0797. The molecule has 2 heterocycles. The molecule has 1 amide bonds. The van der Waals surface area contributed by atoms with Crippen molar-refractivity contribution in [1.82, 2.24) is 10.5 Å². The fraction of sp³-hybridized carbons (Fsp3) is 0.304. The number of amides is 1. The lowest BCUT2D eigenvalue weighted by molar-refractivity contribution is -0.120. The molecule has 0 aliphatic carbocycles. The summed E-state index contributed by atoms with van der Waals surface area (Å²) in [7, 11) is 1.64. The zero-order chi connectivity index (χ0) is 20.2. The minimum Gasteiger partial charge on any atom is -0.497 e. The van der Waals surface area contributed by atoms with Crippen LogP contribution in [0.3, 0.4) is 0 Å². The van der Waals surface area contributed by atoms with Crippen LogP contribution < -0.4 is 14.8 Å². The van der Waals surface area contributed by atoms with E-state index in [1.54, 1.807) is 7.11 Å². The second-order valence-corrected chi connectivity index (χ2v) is 7.27. The third kappa shape index (κ3) is 4.59. The monoisotopic (exact) mass is 392 g/mol. The molecule has 150 valence electrons. The highest BCUT2D eigenvalue weighted by molar-refractivity contribution is 5.78. The van der Waals surface area contributed by atoms with Gasteiger partial charge in [-0.2, -0.15) is 0 Å². The molecule has 4 rings (SSSR count). The maximum absolute atomic E-state index is 12.2. The van der Waals surface area contributed by atoms with Crippen LogP contribution >= 0.6 is 0 Å². The summed E-state index contributed by atoms with van der Waals surface area (Å²) in [5, 5.41) is 6.97. The Bertz CT molecular complexity index is 1010. The van der Waals surface area contributed by atoms with Crippen molar-refractivity contribution in [3.05, 3.63) is 65.4 Å². The van der Waals surface area contributed by atoms with Crippen LogP contribution in [0.2, 0.25) is 0 Å². The lowest BCUT2D eigenvalue weighted by Gasteiger charge is -2.06. The number of rotatable bonds is 7. The third-order valence-corrected chi connectivity index (χ3v) is 4.95. The first-order chi connectivity index (χ1) is 14.1. The van der Waals surface area contributed by atoms with Gasteiger partial charge >= 0.3 is 0 Å². The van der Waals surface area contributed by atoms with Crippen molar-refractivity contribution < 1.29 is 18.8 Å². The average molecular weight is 392 g/mol. The summed E-state index contributed by atoms with van der Waals surface area (Å²) in [5.74, 6) is 2.32. The molecule has 1 aromatic heterocycles. The molecule has 6 heteroatoms. The van der Waals surface area contributed by atoms with Crippen LogP contribution in [-0.4, -0.2) is 30.8 Å². The zero-order valence-electron chi connectivity index (χ0n) is 16.6. The fourth-order valence-electron chi connectivity index (χ4n) is 3.51. The zero-order valence-corrected chi connectivity index (χ0v) is 16.6. The quantitative estimate of drug-likeness (QED) is 0.665. The lowest BCUT2D eigenvalue weighted by Crippen LogP contribution is -2.27. The van der Waals surface area contributed by atoms with Crippen molar-refractivity contribution in [3.8, 4) is 22.8 Å². The van der Waals surface area contributed by atoms with Gasteiger partial charge in [-0.25, -0.2) is 0 Å². The van der Waals surface area contributed by atoms with Crippen molar-refractivity contribution in [2.45, 2.75) is 32.3 Å². The lowest BCUT2D eigenvalue weighted by atomic mass is 10.1. The van der Waals surface area contributed by atoms with E-state index in [9.17, 15) is 4.79 Å². The van der Waals surface area contributed by atoms with E-state index in [1.165, 1.54) is 5.56 Å². The van der Waals surface area contributed by atoms with E-state index in [0.29, 0.717) is 18.0 Å². The van der Waals surface area contributed by atoms with Gasteiger partial charge in [-0.05, 0) is 54.8 Å². The van der Waals surface area contributed by atoms with Crippen molar-refractivity contribution in [1.29, 1.82) is 0 Å². The van der Waals surface area contributed by atoms with Crippen LogP contribution in [0.1, 0.15) is 23.7 Å². The number of carbonyl (C=O) groups is 1.